The second kappa shape index (κ2) is 7.17. The number of ether oxygens (including phenoxy) is 1. The molecule has 1 atom stereocenters. The molecule has 0 spiro atoms. The molecule has 0 aromatic carbocycles. The molecule has 0 saturated carbocycles. The number of rotatable bonds is 7. The molecule has 0 aromatic heterocycles. The largest absolute Gasteiger partial charge is 0.379 e. The molecule has 86 valence electrons. The average Bonchev–Trinajstić information content (AvgIpc) is 2.15. The molecule has 0 aliphatic rings. The summed E-state index contributed by atoms with van der Waals surface area (Å²) in [5, 5.41) is 10.3. The maximum Gasteiger partial charge on any atom is 0.243 e. The molecule has 0 rings (SSSR count). The molecule has 0 aromatic rings. The summed E-state index contributed by atoms with van der Waals surface area (Å²) in [4.78, 5) is 9.94. The van der Waals surface area contributed by atoms with Gasteiger partial charge in [-0.15, -0.1) is 0 Å². The van der Waals surface area contributed by atoms with Crippen molar-refractivity contribution in [2.45, 2.75) is 39.7 Å². The first kappa shape index (κ1) is 13.8. The standard InChI is InChI=1S/C11H19NO3/c1-5-15-11(4)7-6-9(2)8-10(3)12(13)14/h8,11H,2,5-7H2,1,3-4H3/b10-8+. The lowest BCUT2D eigenvalue weighted by Crippen LogP contribution is -2.07. The highest BCUT2D eigenvalue weighted by molar-refractivity contribution is 5.16. The van der Waals surface area contributed by atoms with Crippen molar-refractivity contribution >= 4 is 0 Å². The zero-order valence-corrected chi connectivity index (χ0v) is 9.66. The lowest BCUT2D eigenvalue weighted by Gasteiger charge is -2.10. The van der Waals surface area contributed by atoms with Crippen LogP contribution in [0.25, 0.3) is 0 Å². The minimum atomic E-state index is -0.406. The van der Waals surface area contributed by atoms with Crippen molar-refractivity contribution in [3.63, 3.8) is 0 Å². The Hall–Kier alpha value is -1.16. The Morgan fingerprint density at radius 2 is 2.27 bits per heavy atom. The van der Waals surface area contributed by atoms with Crippen LogP contribution >= 0.6 is 0 Å². The number of nitro groups is 1. The molecular formula is C11H19NO3. The Morgan fingerprint density at radius 3 is 2.73 bits per heavy atom. The molecule has 0 saturated heterocycles. The number of allylic oxidation sites excluding steroid dienone is 3. The van der Waals surface area contributed by atoms with Crippen LogP contribution in [0.3, 0.4) is 0 Å². The first-order chi connectivity index (χ1) is 6.97. The monoisotopic (exact) mass is 213 g/mol. The van der Waals surface area contributed by atoms with E-state index in [4.69, 9.17) is 4.74 Å². The summed E-state index contributed by atoms with van der Waals surface area (Å²) in [5.41, 5.74) is 0.903. The molecule has 15 heavy (non-hydrogen) atoms. The van der Waals surface area contributed by atoms with Gasteiger partial charge in [0.1, 0.15) is 0 Å². The van der Waals surface area contributed by atoms with E-state index in [9.17, 15) is 10.1 Å². The summed E-state index contributed by atoms with van der Waals surface area (Å²) >= 11 is 0. The molecule has 0 N–H and O–H groups in total. The number of hydrogen-bond donors (Lipinski definition) is 0. The van der Waals surface area contributed by atoms with E-state index in [1.54, 1.807) is 0 Å². The van der Waals surface area contributed by atoms with Gasteiger partial charge in [-0.25, -0.2) is 0 Å². The maximum absolute atomic E-state index is 10.3. The summed E-state index contributed by atoms with van der Waals surface area (Å²) in [6, 6.07) is 0. The molecule has 0 bridgehead atoms. The lowest BCUT2D eigenvalue weighted by molar-refractivity contribution is -0.424. The van der Waals surface area contributed by atoms with Gasteiger partial charge in [-0.3, -0.25) is 10.1 Å². The van der Waals surface area contributed by atoms with E-state index in [-0.39, 0.29) is 11.8 Å². The average molecular weight is 213 g/mol. The van der Waals surface area contributed by atoms with Crippen LogP contribution in [-0.2, 0) is 4.74 Å². The Balaban J connectivity index is 3.95. The molecular weight excluding hydrogens is 194 g/mol. The molecule has 0 radical (unpaired) electrons. The van der Waals surface area contributed by atoms with Crippen molar-refractivity contribution < 1.29 is 9.66 Å². The van der Waals surface area contributed by atoms with Gasteiger partial charge in [0.2, 0.25) is 5.70 Å². The van der Waals surface area contributed by atoms with E-state index in [0.717, 1.165) is 18.4 Å². The van der Waals surface area contributed by atoms with Gasteiger partial charge in [0.05, 0.1) is 11.0 Å². The highest BCUT2D eigenvalue weighted by Crippen LogP contribution is 2.11. The van der Waals surface area contributed by atoms with Crippen LogP contribution in [0.5, 0.6) is 0 Å². The fourth-order valence-electron chi connectivity index (χ4n) is 1.18. The van der Waals surface area contributed by atoms with Gasteiger partial charge in [-0.05, 0) is 32.3 Å². The van der Waals surface area contributed by atoms with E-state index in [1.165, 1.54) is 13.0 Å². The first-order valence-electron chi connectivity index (χ1n) is 5.09. The highest BCUT2D eigenvalue weighted by Gasteiger charge is 2.05. The summed E-state index contributed by atoms with van der Waals surface area (Å²) in [6.45, 7) is 9.87. The van der Waals surface area contributed by atoms with Crippen molar-refractivity contribution in [1.82, 2.24) is 0 Å². The van der Waals surface area contributed by atoms with Gasteiger partial charge in [0, 0.05) is 19.6 Å². The zero-order valence-electron chi connectivity index (χ0n) is 9.66. The van der Waals surface area contributed by atoms with Gasteiger partial charge >= 0.3 is 0 Å². The Labute approximate surface area is 90.8 Å². The third-order valence-corrected chi connectivity index (χ3v) is 2.02. The van der Waals surface area contributed by atoms with Crippen molar-refractivity contribution in [3.8, 4) is 0 Å². The molecule has 4 heteroatoms. The Bertz CT molecular complexity index is 259. The van der Waals surface area contributed by atoms with Gasteiger partial charge in [-0.1, -0.05) is 6.58 Å². The van der Waals surface area contributed by atoms with Crippen LogP contribution in [0.15, 0.2) is 23.9 Å². The molecule has 4 nitrogen and oxygen atoms in total. The second-order valence-electron chi connectivity index (χ2n) is 3.51. The molecule has 0 amide bonds. The quantitative estimate of drug-likeness (QED) is 0.371. The summed E-state index contributed by atoms with van der Waals surface area (Å²) in [5.74, 6) is 0. The third-order valence-electron chi connectivity index (χ3n) is 2.02. The third kappa shape index (κ3) is 6.85. The Morgan fingerprint density at radius 1 is 1.67 bits per heavy atom. The van der Waals surface area contributed by atoms with Crippen LogP contribution in [0, 0.1) is 10.1 Å². The van der Waals surface area contributed by atoms with Crippen LogP contribution in [-0.4, -0.2) is 17.6 Å². The first-order valence-corrected chi connectivity index (χ1v) is 5.09. The van der Waals surface area contributed by atoms with Crippen molar-refractivity contribution in [2.24, 2.45) is 0 Å². The minimum Gasteiger partial charge on any atom is -0.379 e. The molecule has 0 aliphatic heterocycles. The molecule has 1 unspecified atom stereocenters. The van der Waals surface area contributed by atoms with Gasteiger partial charge in [-0.2, -0.15) is 0 Å². The molecule has 0 heterocycles. The van der Waals surface area contributed by atoms with Gasteiger partial charge in [0.15, 0.2) is 0 Å². The number of hydrogen-bond acceptors (Lipinski definition) is 3. The predicted octanol–water partition coefficient (Wildman–Crippen LogP) is 2.93. The highest BCUT2D eigenvalue weighted by atomic mass is 16.6. The van der Waals surface area contributed by atoms with E-state index >= 15 is 0 Å². The van der Waals surface area contributed by atoms with E-state index in [1.807, 2.05) is 13.8 Å². The van der Waals surface area contributed by atoms with Crippen molar-refractivity contribution in [3.05, 3.63) is 34.0 Å². The molecule has 0 aliphatic carbocycles. The summed E-state index contributed by atoms with van der Waals surface area (Å²) in [7, 11) is 0. The van der Waals surface area contributed by atoms with Crippen LogP contribution < -0.4 is 0 Å². The zero-order chi connectivity index (χ0) is 11.8. The lowest BCUT2D eigenvalue weighted by atomic mass is 10.1. The SMILES string of the molecule is C=C(/C=C(\C)[N+](=O)[O-])CCC(C)OCC. The van der Waals surface area contributed by atoms with Crippen LogP contribution in [0.4, 0.5) is 0 Å². The Kier molecular flexibility index (Phi) is 6.62. The van der Waals surface area contributed by atoms with E-state index in [2.05, 4.69) is 6.58 Å². The summed E-state index contributed by atoms with van der Waals surface area (Å²) < 4.78 is 5.35. The topological polar surface area (TPSA) is 52.4 Å². The fraction of sp³-hybridized carbons (Fsp3) is 0.636. The molecule has 0 fully saturated rings. The second-order valence-corrected chi connectivity index (χ2v) is 3.51. The number of nitrogens with zero attached hydrogens (tertiary/aromatic N) is 1. The van der Waals surface area contributed by atoms with Gasteiger partial charge in [0.25, 0.3) is 0 Å². The van der Waals surface area contributed by atoms with Crippen LogP contribution in [0.2, 0.25) is 0 Å². The van der Waals surface area contributed by atoms with E-state index < -0.39 is 4.92 Å². The van der Waals surface area contributed by atoms with E-state index in [0.29, 0.717) is 6.61 Å². The normalized spacial score (nSPS) is 13.7. The van der Waals surface area contributed by atoms with Crippen LogP contribution in [0.1, 0.15) is 33.6 Å². The van der Waals surface area contributed by atoms with Crippen molar-refractivity contribution in [1.29, 1.82) is 0 Å². The maximum atomic E-state index is 10.3. The summed E-state index contributed by atoms with van der Waals surface area (Å²) in [6.07, 6.45) is 3.26. The minimum absolute atomic E-state index is 0.129. The predicted molar refractivity (Wildman–Crippen MR) is 60.2 cm³/mol. The fourth-order valence-corrected chi connectivity index (χ4v) is 1.18. The van der Waals surface area contributed by atoms with Crippen molar-refractivity contribution in [2.75, 3.05) is 6.61 Å². The smallest absolute Gasteiger partial charge is 0.243 e. The van der Waals surface area contributed by atoms with Gasteiger partial charge < -0.3 is 4.74 Å².